The number of alkyl halides is 1. The third-order valence-electron chi connectivity index (χ3n) is 6.60. The molecule has 192 valence electrons. The van der Waals surface area contributed by atoms with E-state index in [4.69, 9.17) is 9.47 Å². The van der Waals surface area contributed by atoms with Crippen LogP contribution in [0.1, 0.15) is 68.3 Å². The average Bonchev–Trinajstić information content (AvgIpc) is 3.39. The van der Waals surface area contributed by atoms with Crippen molar-refractivity contribution in [2.45, 2.75) is 71.2 Å². The molecule has 2 aliphatic rings. The molecule has 2 aromatic rings. The van der Waals surface area contributed by atoms with Gasteiger partial charge in [0.1, 0.15) is 11.8 Å². The summed E-state index contributed by atoms with van der Waals surface area (Å²) in [7, 11) is 1.70. The van der Waals surface area contributed by atoms with Gasteiger partial charge in [-0.05, 0) is 51.9 Å². The smallest absolute Gasteiger partial charge is 0.410 e. The van der Waals surface area contributed by atoms with Gasteiger partial charge in [0.05, 0.1) is 31.1 Å². The van der Waals surface area contributed by atoms with Gasteiger partial charge in [0.25, 0.3) is 5.91 Å². The van der Waals surface area contributed by atoms with Crippen LogP contribution in [-0.4, -0.2) is 75.5 Å². The van der Waals surface area contributed by atoms with E-state index in [0.29, 0.717) is 31.0 Å². The van der Waals surface area contributed by atoms with Gasteiger partial charge < -0.3 is 19.7 Å². The fourth-order valence-corrected chi connectivity index (χ4v) is 4.88. The first-order valence-corrected chi connectivity index (χ1v) is 12.0. The number of aromatic nitrogens is 4. The SMILES string of the molecule is COC[C@]1(C)CCc2c(C(=O)Nc3cnn([C@@H]4CCN(C(=O)OC(C)(C)C)C[C@H]4F)c3)n[nH]c2C1. The number of carbonyl (C=O) groups is 2. The summed E-state index contributed by atoms with van der Waals surface area (Å²) in [6.45, 7) is 8.46. The lowest BCUT2D eigenvalue weighted by molar-refractivity contribution is 0.00575. The van der Waals surface area contributed by atoms with E-state index >= 15 is 0 Å². The van der Waals surface area contributed by atoms with Gasteiger partial charge in [0.15, 0.2) is 5.69 Å². The summed E-state index contributed by atoms with van der Waals surface area (Å²) < 4.78 is 27.2. The molecule has 3 heterocycles. The molecule has 3 atom stereocenters. The standard InChI is InChI=1S/C24H35FN6O4/c1-23(2,3)35-22(33)30-9-7-19(17(25)13-30)31-12-15(11-26-31)27-21(32)20-16-6-8-24(4,14-34-5)10-18(16)28-29-20/h11-12,17,19H,6-10,13-14H2,1-5H3,(H,27,32)(H,28,29)/t17-,19-,24-/m1/s1. The van der Waals surface area contributed by atoms with E-state index in [1.165, 1.54) is 15.8 Å². The number of hydrogen-bond donors (Lipinski definition) is 2. The normalized spacial score (nSPS) is 24.7. The molecule has 1 aliphatic carbocycles. The number of fused-ring (bicyclic) bond motifs is 1. The van der Waals surface area contributed by atoms with Crippen LogP contribution in [0.5, 0.6) is 0 Å². The van der Waals surface area contributed by atoms with Crippen molar-refractivity contribution in [3.05, 3.63) is 29.3 Å². The Morgan fingerprint density at radius 2 is 2.14 bits per heavy atom. The van der Waals surface area contributed by atoms with Crippen molar-refractivity contribution in [2.75, 3.05) is 32.1 Å². The summed E-state index contributed by atoms with van der Waals surface area (Å²) in [5.74, 6) is -0.325. The number of H-pyrrole nitrogens is 1. The Kier molecular flexibility index (Phi) is 6.90. The zero-order valence-corrected chi connectivity index (χ0v) is 21.1. The minimum atomic E-state index is -1.31. The van der Waals surface area contributed by atoms with E-state index in [-0.39, 0.29) is 17.9 Å². The van der Waals surface area contributed by atoms with E-state index in [2.05, 4.69) is 27.5 Å². The number of rotatable bonds is 5. The van der Waals surface area contributed by atoms with Crippen LogP contribution in [0.25, 0.3) is 0 Å². The molecule has 1 saturated heterocycles. The van der Waals surface area contributed by atoms with Gasteiger partial charge >= 0.3 is 6.09 Å². The molecule has 0 spiro atoms. The van der Waals surface area contributed by atoms with E-state index in [1.807, 2.05) is 0 Å². The fourth-order valence-electron chi connectivity index (χ4n) is 4.88. The van der Waals surface area contributed by atoms with E-state index in [1.54, 1.807) is 34.1 Å². The van der Waals surface area contributed by atoms with E-state index in [9.17, 15) is 14.0 Å². The van der Waals surface area contributed by atoms with Crippen LogP contribution in [0.3, 0.4) is 0 Å². The lowest BCUT2D eigenvalue weighted by atomic mass is 9.75. The third-order valence-corrected chi connectivity index (χ3v) is 6.60. The van der Waals surface area contributed by atoms with Crippen molar-refractivity contribution in [3.8, 4) is 0 Å². The number of likely N-dealkylation sites (tertiary alicyclic amines) is 1. The highest BCUT2D eigenvalue weighted by atomic mass is 19.1. The molecule has 2 amide bonds. The second-order valence-corrected chi connectivity index (χ2v) is 10.9. The van der Waals surface area contributed by atoms with Gasteiger partial charge in [-0.3, -0.25) is 14.6 Å². The molecule has 0 unspecified atom stereocenters. The molecule has 35 heavy (non-hydrogen) atoms. The van der Waals surface area contributed by atoms with Gasteiger partial charge in [-0.25, -0.2) is 9.18 Å². The summed E-state index contributed by atoms with van der Waals surface area (Å²) in [6.07, 6.45) is 4.11. The third kappa shape index (κ3) is 5.66. The molecule has 2 N–H and O–H groups in total. The van der Waals surface area contributed by atoms with Crippen molar-refractivity contribution < 1.29 is 23.5 Å². The number of ether oxygens (including phenoxy) is 2. The maximum absolute atomic E-state index is 15.0. The van der Waals surface area contributed by atoms with Crippen LogP contribution in [-0.2, 0) is 22.3 Å². The molecule has 0 saturated carbocycles. The number of nitrogens with one attached hydrogen (secondary N) is 2. The van der Waals surface area contributed by atoms with Gasteiger partial charge in [0, 0.05) is 31.1 Å². The number of anilines is 1. The molecule has 0 radical (unpaired) electrons. The molecule has 10 nitrogen and oxygen atoms in total. The lowest BCUT2D eigenvalue weighted by Gasteiger charge is -2.35. The van der Waals surface area contributed by atoms with Crippen molar-refractivity contribution in [3.63, 3.8) is 0 Å². The van der Waals surface area contributed by atoms with Crippen molar-refractivity contribution >= 4 is 17.7 Å². The van der Waals surface area contributed by atoms with Crippen LogP contribution in [0.15, 0.2) is 12.4 Å². The maximum Gasteiger partial charge on any atom is 0.410 e. The summed E-state index contributed by atoms with van der Waals surface area (Å²) in [4.78, 5) is 26.6. The first-order valence-electron chi connectivity index (χ1n) is 12.0. The van der Waals surface area contributed by atoms with Gasteiger partial charge in [0.2, 0.25) is 0 Å². The molecule has 1 fully saturated rings. The Hall–Kier alpha value is -2.95. The second-order valence-electron chi connectivity index (χ2n) is 10.9. The van der Waals surface area contributed by atoms with Crippen molar-refractivity contribution in [1.82, 2.24) is 24.9 Å². The average molecular weight is 491 g/mol. The van der Waals surface area contributed by atoms with Gasteiger partial charge in [-0.2, -0.15) is 10.2 Å². The minimum absolute atomic E-state index is 0.0190. The second kappa shape index (κ2) is 9.60. The van der Waals surface area contributed by atoms with Crippen LogP contribution in [0.4, 0.5) is 14.9 Å². The Bertz CT molecular complexity index is 1080. The summed E-state index contributed by atoms with van der Waals surface area (Å²) >= 11 is 0. The first kappa shape index (κ1) is 25.2. The summed E-state index contributed by atoms with van der Waals surface area (Å²) in [5.41, 5.74) is 2.13. The number of carbonyl (C=O) groups excluding carboxylic acids is 2. The quantitative estimate of drug-likeness (QED) is 0.663. The molecule has 0 aromatic carbocycles. The van der Waals surface area contributed by atoms with Crippen LogP contribution in [0.2, 0.25) is 0 Å². The molecule has 2 aromatic heterocycles. The van der Waals surface area contributed by atoms with Crippen LogP contribution < -0.4 is 5.32 Å². The Balaban J connectivity index is 1.37. The number of methoxy groups -OCH3 is 1. The zero-order chi connectivity index (χ0) is 25.4. The summed E-state index contributed by atoms with van der Waals surface area (Å²) in [5, 5.41) is 14.4. The monoisotopic (exact) mass is 490 g/mol. The zero-order valence-electron chi connectivity index (χ0n) is 21.1. The fraction of sp³-hybridized carbons (Fsp3) is 0.667. The highest BCUT2D eigenvalue weighted by Gasteiger charge is 2.36. The predicted octanol–water partition coefficient (Wildman–Crippen LogP) is 3.52. The summed E-state index contributed by atoms with van der Waals surface area (Å²) in [6, 6.07) is -0.532. The number of nitrogens with zero attached hydrogens (tertiary/aromatic N) is 4. The number of hydrogen-bond acceptors (Lipinski definition) is 6. The molecule has 11 heteroatoms. The Morgan fingerprint density at radius 1 is 1.37 bits per heavy atom. The van der Waals surface area contributed by atoms with Gasteiger partial charge in [-0.1, -0.05) is 6.92 Å². The largest absolute Gasteiger partial charge is 0.444 e. The van der Waals surface area contributed by atoms with Crippen LogP contribution in [0, 0.1) is 5.41 Å². The predicted molar refractivity (Wildman–Crippen MR) is 127 cm³/mol. The highest BCUT2D eigenvalue weighted by Crippen LogP contribution is 2.36. The van der Waals surface area contributed by atoms with Crippen molar-refractivity contribution in [1.29, 1.82) is 0 Å². The number of halogens is 1. The maximum atomic E-state index is 15.0. The Morgan fingerprint density at radius 3 is 2.83 bits per heavy atom. The van der Waals surface area contributed by atoms with Crippen molar-refractivity contribution in [2.24, 2.45) is 5.41 Å². The molecule has 4 rings (SSSR count). The topological polar surface area (TPSA) is 114 Å². The number of piperidine rings is 1. The lowest BCUT2D eigenvalue weighted by Crippen LogP contribution is -2.47. The van der Waals surface area contributed by atoms with E-state index in [0.717, 1.165) is 30.5 Å². The number of aromatic amines is 1. The van der Waals surface area contributed by atoms with Gasteiger partial charge in [-0.15, -0.1) is 0 Å². The van der Waals surface area contributed by atoms with Crippen LogP contribution >= 0.6 is 0 Å². The Labute approximate surface area is 204 Å². The molecule has 0 bridgehead atoms. The molecule has 1 aliphatic heterocycles. The van der Waals surface area contributed by atoms with E-state index < -0.39 is 23.9 Å². The number of amides is 2. The first-order chi connectivity index (χ1) is 16.5. The molecular formula is C24H35FN6O4. The minimum Gasteiger partial charge on any atom is -0.444 e. The highest BCUT2D eigenvalue weighted by molar-refractivity contribution is 6.03. The molecular weight excluding hydrogens is 455 g/mol.